The zero-order valence-corrected chi connectivity index (χ0v) is 14.4. The van der Waals surface area contributed by atoms with Crippen LogP contribution in [0.3, 0.4) is 0 Å². The Morgan fingerprint density at radius 3 is 2.86 bits per heavy atom. The number of ether oxygens (including phenoxy) is 1. The van der Waals surface area contributed by atoms with Gasteiger partial charge in [0.05, 0.1) is 23.4 Å². The number of hydrogen-bond acceptors (Lipinski definition) is 5. The summed E-state index contributed by atoms with van der Waals surface area (Å²) >= 11 is 0. The summed E-state index contributed by atoms with van der Waals surface area (Å²) < 4.78 is 30.5. The predicted molar refractivity (Wildman–Crippen MR) is 88.1 cm³/mol. The van der Waals surface area contributed by atoms with E-state index >= 15 is 0 Å². The van der Waals surface area contributed by atoms with Crippen molar-refractivity contribution in [3.05, 3.63) is 29.3 Å². The number of nitrogens with one attached hydrogen (secondary N) is 1. The Labute approximate surface area is 133 Å². The van der Waals surface area contributed by atoms with Crippen molar-refractivity contribution in [2.45, 2.75) is 24.8 Å². The molecule has 0 spiro atoms. The van der Waals surface area contributed by atoms with Crippen LogP contribution in [0.2, 0.25) is 0 Å². The van der Waals surface area contributed by atoms with Gasteiger partial charge in [-0.25, -0.2) is 8.42 Å². The van der Waals surface area contributed by atoms with Gasteiger partial charge in [-0.2, -0.15) is 0 Å². The summed E-state index contributed by atoms with van der Waals surface area (Å²) in [5.74, 6) is 0.111. The lowest BCUT2D eigenvalue weighted by Crippen LogP contribution is -2.45. The highest BCUT2D eigenvalue weighted by Crippen LogP contribution is 2.17. The average molecular weight is 326 g/mol. The summed E-state index contributed by atoms with van der Waals surface area (Å²) in [7, 11) is -1.17. The molecular formula is C16H26N2O3S. The molecule has 1 aliphatic rings. The van der Waals surface area contributed by atoms with Gasteiger partial charge in [0.15, 0.2) is 9.84 Å². The van der Waals surface area contributed by atoms with Crippen molar-refractivity contribution in [3.8, 4) is 0 Å². The quantitative estimate of drug-likeness (QED) is 0.790. The minimum absolute atomic E-state index is 0.111. The van der Waals surface area contributed by atoms with Crippen molar-refractivity contribution in [2.75, 3.05) is 45.6 Å². The molecule has 0 amide bonds. The fraction of sp³-hybridized carbons (Fsp3) is 0.625. The fourth-order valence-corrected chi connectivity index (χ4v) is 4.17. The SMILES string of the molecule is Cc1ccc(C)c(S(=O)(=O)CCNC[C@@H]2CN(C)CCO2)c1. The van der Waals surface area contributed by atoms with E-state index in [0.29, 0.717) is 18.0 Å². The van der Waals surface area contributed by atoms with Crippen LogP contribution in [0.4, 0.5) is 0 Å². The lowest BCUT2D eigenvalue weighted by molar-refractivity contribution is -0.0178. The maximum atomic E-state index is 12.4. The highest BCUT2D eigenvalue weighted by Gasteiger charge is 2.19. The van der Waals surface area contributed by atoms with E-state index < -0.39 is 9.84 Å². The summed E-state index contributed by atoms with van der Waals surface area (Å²) in [6.45, 7) is 7.46. The first-order valence-corrected chi connectivity index (χ1v) is 9.34. The molecule has 1 aliphatic heterocycles. The molecule has 22 heavy (non-hydrogen) atoms. The Morgan fingerprint density at radius 2 is 2.14 bits per heavy atom. The summed E-state index contributed by atoms with van der Waals surface area (Å²) in [5, 5.41) is 3.20. The molecule has 1 heterocycles. The molecule has 0 aromatic heterocycles. The van der Waals surface area contributed by atoms with Crippen molar-refractivity contribution >= 4 is 9.84 Å². The number of sulfone groups is 1. The first kappa shape index (κ1) is 17.4. The Bertz CT molecular complexity index is 601. The smallest absolute Gasteiger partial charge is 0.179 e. The van der Waals surface area contributed by atoms with E-state index in [9.17, 15) is 8.42 Å². The molecule has 0 saturated carbocycles. The highest BCUT2D eigenvalue weighted by molar-refractivity contribution is 7.91. The van der Waals surface area contributed by atoms with E-state index in [2.05, 4.69) is 17.3 Å². The van der Waals surface area contributed by atoms with Crippen molar-refractivity contribution < 1.29 is 13.2 Å². The molecule has 0 bridgehead atoms. The zero-order chi connectivity index (χ0) is 16.2. The maximum Gasteiger partial charge on any atom is 0.179 e. The molecule has 1 atom stereocenters. The van der Waals surface area contributed by atoms with Gasteiger partial charge < -0.3 is 15.0 Å². The molecule has 1 saturated heterocycles. The van der Waals surface area contributed by atoms with Gasteiger partial charge in [0.1, 0.15) is 0 Å². The molecule has 6 heteroatoms. The molecule has 2 rings (SSSR count). The van der Waals surface area contributed by atoms with Crippen LogP contribution in [0.5, 0.6) is 0 Å². The van der Waals surface area contributed by atoms with E-state index in [4.69, 9.17) is 4.74 Å². The summed E-state index contributed by atoms with van der Waals surface area (Å²) in [6, 6.07) is 5.55. The van der Waals surface area contributed by atoms with Crippen LogP contribution in [0.15, 0.2) is 23.1 Å². The number of aryl methyl sites for hydroxylation is 2. The second-order valence-corrected chi connectivity index (χ2v) is 8.12. The topological polar surface area (TPSA) is 58.6 Å². The van der Waals surface area contributed by atoms with E-state index in [1.165, 1.54) is 0 Å². The molecule has 1 aromatic carbocycles. The lowest BCUT2D eigenvalue weighted by atomic mass is 10.2. The standard InChI is InChI=1S/C16H26N2O3S/c1-13-4-5-14(2)16(10-13)22(19,20)9-6-17-11-15-12-18(3)7-8-21-15/h4-5,10,15,17H,6-9,11-12H2,1-3H3/t15-/m1/s1. The number of benzene rings is 1. The summed E-state index contributed by atoms with van der Waals surface area (Å²) in [5.41, 5.74) is 1.78. The average Bonchev–Trinajstić information content (AvgIpc) is 2.46. The normalized spacial score (nSPS) is 20.2. The van der Waals surface area contributed by atoms with E-state index in [1.807, 2.05) is 26.0 Å². The zero-order valence-electron chi connectivity index (χ0n) is 13.6. The van der Waals surface area contributed by atoms with Gasteiger partial charge in [0.25, 0.3) is 0 Å². The van der Waals surface area contributed by atoms with Crippen LogP contribution in [-0.2, 0) is 14.6 Å². The summed E-state index contributed by atoms with van der Waals surface area (Å²) in [4.78, 5) is 2.67. The van der Waals surface area contributed by atoms with Gasteiger partial charge in [-0.15, -0.1) is 0 Å². The van der Waals surface area contributed by atoms with E-state index in [1.54, 1.807) is 6.07 Å². The number of nitrogens with zero attached hydrogens (tertiary/aromatic N) is 1. The van der Waals surface area contributed by atoms with Crippen molar-refractivity contribution in [1.29, 1.82) is 0 Å². The van der Waals surface area contributed by atoms with Crippen LogP contribution in [0.1, 0.15) is 11.1 Å². The molecule has 0 radical (unpaired) electrons. The Balaban J connectivity index is 1.84. The second kappa shape index (κ2) is 7.55. The lowest BCUT2D eigenvalue weighted by Gasteiger charge is -2.30. The van der Waals surface area contributed by atoms with E-state index in [-0.39, 0.29) is 11.9 Å². The van der Waals surface area contributed by atoms with Gasteiger partial charge >= 0.3 is 0 Å². The fourth-order valence-electron chi connectivity index (χ4n) is 2.61. The largest absolute Gasteiger partial charge is 0.374 e. The molecule has 0 unspecified atom stereocenters. The molecule has 1 aromatic rings. The molecule has 1 fully saturated rings. The van der Waals surface area contributed by atoms with Crippen LogP contribution in [0.25, 0.3) is 0 Å². The second-order valence-electron chi connectivity index (χ2n) is 6.05. The first-order chi connectivity index (χ1) is 10.4. The molecule has 0 aliphatic carbocycles. The predicted octanol–water partition coefficient (Wildman–Crippen LogP) is 0.997. The minimum Gasteiger partial charge on any atom is -0.374 e. The third-order valence-corrected chi connectivity index (χ3v) is 5.79. The maximum absolute atomic E-state index is 12.4. The van der Waals surface area contributed by atoms with Crippen LogP contribution in [-0.4, -0.2) is 65.0 Å². The van der Waals surface area contributed by atoms with Crippen molar-refractivity contribution in [2.24, 2.45) is 0 Å². The monoisotopic (exact) mass is 326 g/mol. The molecule has 1 N–H and O–H groups in total. The van der Waals surface area contributed by atoms with Gasteiger partial charge in [0, 0.05) is 26.2 Å². The van der Waals surface area contributed by atoms with Crippen molar-refractivity contribution in [3.63, 3.8) is 0 Å². The van der Waals surface area contributed by atoms with Crippen LogP contribution < -0.4 is 5.32 Å². The number of rotatable bonds is 6. The third-order valence-electron chi connectivity index (χ3n) is 3.94. The molecule has 124 valence electrons. The number of hydrogen-bond donors (Lipinski definition) is 1. The van der Waals surface area contributed by atoms with Gasteiger partial charge in [-0.3, -0.25) is 0 Å². The third kappa shape index (κ3) is 4.78. The van der Waals surface area contributed by atoms with Crippen LogP contribution in [0, 0.1) is 13.8 Å². The first-order valence-electron chi connectivity index (χ1n) is 7.69. The Morgan fingerprint density at radius 1 is 1.36 bits per heavy atom. The minimum atomic E-state index is -3.24. The Hall–Kier alpha value is -0.950. The number of morpholine rings is 1. The van der Waals surface area contributed by atoms with Gasteiger partial charge in [-0.1, -0.05) is 12.1 Å². The summed E-state index contributed by atoms with van der Waals surface area (Å²) in [6.07, 6.45) is 0.141. The molecular weight excluding hydrogens is 300 g/mol. The van der Waals surface area contributed by atoms with Crippen LogP contribution >= 0.6 is 0 Å². The highest BCUT2D eigenvalue weighted by atomic mass is 32.2. The van der Waals surface area contributed by atoms with Gasteiger partial charge in [-0.05, 0) is 38.1 Å². The Kier molecular flexibility index (Phi) is 5.97. The van der Waals surface area contributed by atoms with Gasteiger partial charge in [0.2, 0.25) is 0 Å². The van der Waals surface area contributed by atoms with Crippen molar-refractivity contribution in [1.82, 2.24) is 10.2 Å². The molecule has 5 nitrogen and oxygen atoms in total. The number of likely N-dealkylation sites (N-methyl/N-ethyl adjacent to an activating group) is 1. The van der Waals surface area contributed by atoms with E-state index in [0.717, 1.165) is 30.8 Å².